The predicted molar refractivity (Wildman–Crippen MR) is 165 cm³/mol. The summed E-state index contributed by atoms with van der Waals surface area (Å²) in [6.07, 6.45) is 12.8. The summed E-state index contributed by atoms with van der Waals surface area (Å²) < 4.78 is 0. The molecule has 2 aliphatic rings. The topological polar surface area (TPSA) is 67.8 Å². The van der Waals surface area contributed by atoms with Crippen molar-refractivity contribution in [2.75, 3.05) is 54.9 Å². The van der Waals surface area contributed by atoms with Gasteiger partial charge in [-0.15, -0.1) is 0 Å². The molecule has 2 aliphatic heterocycles. The number of hydrazine groups is 1. The number of aryl methyl sites for hydroxylation is 1. The van der Waals surface area contributed by atoms with E-state index in [1.807, 2.05) is 39.2 Å². The normalized spacial score (nSPS) is 21.2. The van der Waals surface area contributed by atoms with Gasteiger partial charge in [-0.1, -0.05) is 37.6 Å². The molecule has 1 N–H and O–H groups in total. The average molecular weight is 548 g/mol. The van der Waals surface area contributed by atoms with Crippen molar-refractivity contribution >= 4 is 12.0 Å². The number of carbonyl (C=O) groups excluding carboxylic acids is 1. The van der Waals surface area contributed by atoms with Crippen LogP contribution in [0.15, 0.2) is 48.3 Å². The van der Waals surface area contributed by atoms with E-state index in [4.69, 9.17) is 0 Å². The highest BCUT2D eigenvalue weighted by Gasteiger charge is 2.28. The first-order chi connectivity index (χ1) is 19.2. The van der Waals surface area contributed by atoms with Gasteiger partial charge >= 0.3 is 0 Å². The first kappa shape index (κ1) is 31.6. The summed E-state index contributed by atoms with van der Waals surface area (Å²) in [5, 5.41) is 7.84. The summed E-state index contributed by atoms with van der Waals surface area (Å²) in [7, 11) is 9.77. The van der Waals surface area contributed by atoms with Crippen LogP contribution in [0.25, 0.3) is 6.08 Å². The van der Waals surface area contributed by atoms with Crippen molar-refractivity contribution in [3.63, 3.8) is 0 Å². The Labute approximate surface area is 241 Å². The van der Waals surface area contributed by atoms with Crippen molar-refractivity contribution in [1.29, 1.82) is 0 Å². The van der Waals surface area contributed by atoms with E-state index in [1.54, 1.807) is 25.2 Å². The van der Waals surface area contributed by atoms with E-state index in [9.17, 15) is 4.79 Å². The fourth-order valence-electron chi connectivity index (χ4n) is 5.55. The molecular formula is C32H49N7O. The number of likely N-dealkylation sites (tertiary alicyclic amines) is 1. The Morgan fingerprint density at radius 1 is 1.07 bits per heavy atom. The minimum atomic E-state index is -0.00604. The van der Waals surface area contributed by atoms with Gasteiger partial charge in [-0.25, -0.2) is 10.0 Å². The summed E-state index contributed by atoms with van der Waals surface area (Å²) in [5.41, 5.74) is 6.63. The summed E-state index contributed by atoms with van der Waals surface area (Å²) in [4.78, 5) is 25.5. The predicted octanol–water partition coefficient (Wildman–Crippen LogP) is 4.73. The van der Waals surface area contributed by atoms with Crippen molar-refractivity contribution in [3.8, 4) is 0 Å². The van der Waals surface area contributed by atoms with Gasteiger partial charge in [0.15, 0.2) is 0 Å². The molecule has 1 fully saturated rings. The molecule has 2 atom stereocenters. The van der Waals surface area contributed by atoms with Gasteiger partial charge in [-0.05, 0) is 70.6 Å². The molecule has 8 heteroatoms. The van der Waals surface area contributed by atoms with Crippen molar-refractivity contribution in [2.45, 2.75) is 58.7 Å². The SMILES string of the molecule is CC.CNC1C=CC(c2ccnc(C)c2/C=C(\C)CN2CCC(c3ccc(C(=O)N(C)C)cn3)CC2)N(C)N1C. The first-order valence-corrected chi connectivity index (χ1v) is 14.5. The molecule has 4 rings (SSSR count). The number of nitrogens with one attached hydrogen (secondary N) is 1. The number of rotatable bonds is 7. The van der Waals surface area contributed by atoms with Crippen LogP contribution in [-0.4, -0.2) is 96.7 Å². The van der Waals surface area contributed by atoms with Gasteiger partial charge in [0.25, 0.3) is 5.91 Å². The molecule has 2 aromatic rings. The second-order valence-electron chi connectivity index (χ2n) is 10.8. The van der Waals surface area contributed by atoms with E-state index in [0.29, 0.717) is 11.5 Å². The molecule has 0 bridgehead atoms. The van der Waals surface area contributed by atoms with Gasteiger partial charge in [-0.3, -0.25) is 19.7 Å². The lowest BCUT2D eigenvalue weighted by Crippen LogP contribution is -2.52. The molecule has 4 heterocycles. The van der Waals surface area contributed by atoms with E-state index >= 15 is 0 Å². The lowest BCUT2D eigenvalue weighted by molar-refractivity contribution is -0.0397. The largest absolute Gasteiger partial charge is 0.345 e. The number of nitrogens with zero attached hydrogens (tertiary/aromatic N) is 6. The quantitative estimate of drug-likeness (QED) is 0.503. The Kier molecular flexibility index (Phi) is 11.6. The van der Waals surface area contributed by atoms with Gasteiger partial charge in [0.05, 0.1) is 17.8 Å². The number of likely N-dealkylation sites (N-methyl/N-ethyl adjacent to an activating group) is 3. The number of hydrogen-bond donors (Lipinski definition) is 1. The fourth-order valence-corrected chi connectivity index (χ4v) is 5.55. The standard InChI is InChI=1S/C30H43N7O.C2H6/c1-21(18-26-22(2)32-15-12-25(26)28-10-11-29(31-3)36(7)35(28)6)20-37-16-13-23(14-17-37)27-9-8-24(19-33-27)30(38)34(4)5;1-2/h8-12,15,18-19,23,28-29,31H,13-14,16-17,20H2,1-7H3;1-2H3/b21-18+;. The van der Waals surface area contributed by atoms with E-state index in [2.05, 4.69) is 82.4 Å². The van der Waals surface area contributed by atoms with Crippen molar-refractivity contribution in [3.05, 3.63) is 76.4 Å². The summed E-state index contributed by atoms with van der Waals surface area (Å²) >= 11 is 0. The van der Waals surface area contributed by atoms with E-state index in [-0.39, 0.29) is 18.1 Å². The second kappa shape index (κ2) is 14.6. The molecule has 1 amide bonds. The third-order valence-electron chi connectivity index (χ3n) is 7.93. The molecule has 2 unspecified atom stereocenters. The Balaban J connectivity index is 0.00000216. The van der Waals surface area contributed by atoms with Gasteiger partial charge < -0.3 is 10.2 Å². The maximum Gasteiger partial charge on any atom is 0.254 e. The van der Waals surface area contributed by atoms with Gasteiger partial charge in [0.1, 0.15) is 0 Å². The van der Waals surface area contributed by atoms with Gasteiger partial charge in [0.2, 0.25) is 0 Å². The number of piperidine rings is 1. The monoisotopic (exact) mass is 547 g/mol. The molecule has 0 aliphatic carbocycles. The van der Waals surface area contributed by atoms with E-state index < -0.39 is 0 Å². The smallest absolute Gasteiger partial charge is 0.254 e. The Morgan fingerprint density at radius 3 is 2.38 bits per heavy atom. The van der Waals surface area contributed by atoms with Crippen molar-refractivity contribution in [2.24, 2.45) is 0 Å². The highest BCUT2D eigenvalue weighted by molar-refractivity contribution is 5.93. The molecule has 0 spiro atoms. The highest BCUT2D eigenvalue weighted by atomic mass is 16.2. The Hall–Kier alpha value is -2.91. The zero-order valence-corrected chi connectivity index (χ0v) is 26.0. The molecule has 2 aromatic heterocycles. The zero-order valence-electron chi connectivity index (χ0n) is 26.0. The number of hydrogen-bond acceptors (Lipinski definition) is 7. The number of carbonyl (C=O) groups is 1. The third kappa shape index (κ3) is 7.43. The maximum atomic E-state index is 12.2. The molecule has 218 valence electrons. The minimum absolute atomic E-state index is 0.00604. The van der Waals surface area contributed by atoms with Gasteiger partial charge in [-0.2, -0.15) is 0 Å². The third-order valence-corrected chi connectivity index (χ3v) is 7.93. The minimum Gasteiger partial charge on any atom is -0.345 e. The molecule has 0 aromatic carbocycles. The number of aromatic nitrogens is 2. The Bertz CT molecular complexity index is 1170. The van der Waals surface area contributed by atoms with Crippen LogP contribution in [0.1, 0.15) is 78.4 Å². The first-order valence-electron chi connectivity index (χ1n) is 14.5. The molecular weight excluding hydrogens is 498 g/mol. The summed E-state index contributed by atoms with van der Waals surface area (Å²) in [5.74, 6) is 0.437. The second-order valence-corrected chi connectivity index (χ2v) is 10.8. The maximum absolute atomic E-state index is 12.2. The number of pyridine rings is 2. The van der Waals surface area contributed by atoms with Crippen LogP contribution >= 0.6 is 0 Å². The van der Waals surface area contributed by atoms with Crippen molar-refractivity contribution in [1.82, 2.24) is 35.1 Å². The zero-order chi connectivity index (χ0) is 29.4. The highest BCUT2D eigenvalue weighted by Crippen LogP contribution is 2.32. The van der Waals surface area contributed by atoms with Crippen LogP contribution in [0.3, 0.4) is 0 Å². The van der Waals surface area contributed by atoms with Gasteiger partial charge in [0, 0.05) is 70.0 Å². The molecule has 0 radical (unpaired) electrons. The van der Waals surface area contributed by atoms with Crippen LogP contribution in [0.5, 0.6) is 0 Å². The molecule has 40 heavy (non-hydrogen) atoms. The fraction of sp³-hybridized carbons (Fsp3) is 0.531. The lowest BCUT2D eigenvalue weighted by Gasteiger charge is -2.42. The Morgan fingerprint density at radius 2 is 1.77 bits per heavy atom. The van der Waals surface area contributed by atoms with Crippen LogP contribution in [-0.2, 0) is 0 Å². The molecule has 1 saturated heterocycles. The molecule has 0 saturated carbocycles. The summed E-state index contributed by atoms with van der Waals surface area (Å²) in [6.45, 7) is 11.4. The molecule has 8 nitrogen and oxygen atoms in total. The average Bonchev–Trinajstić information content (AvgIpc) is 2.97. The van der Waals surface area contributed by atoms with E-state index in [0.717, 1.165) is 43.9 Å². The van der Waals surface area contributed by atoms with Crippen LogP contribution in [0.4, 0.5) is 0 Å². The van der Waals surface area contributed by atoms with Crippen LogP contribution in [0.2, 0.25) is 0 Å². The van der Waals surface area contributed by atoms with Crippen molar-refractivity contribution < 1.29 is 4.79 Å². The summed E-state index contributed by atoms with van der Waals surface area (Å²) in [6, 6.07) is 6.25. The lowest BCUT2D eigenvalue weighted by atomic mass is 9.92. The van der Waals surface area contributed by atoms with Crippen LogP contribution < -0.4 is 5.32 Å². The van der Waals surface area contributed by atoms with E-state index in [1.165, 1.54) is 16.7 Å². The van der Waals surface area contributed by atoms with Crippen LogP contribution in [0, 0.1) is 6.92 Å². The number of amides is 1.